The van der Waals surface area contributed by atoms with Crippen LogP contribution >= 0.6 is 0 Å². The Labute approximate surface area is 89.1 Å². The van der Waals surface area contributed by atoms with Gasteiger partial charge >= 0.3 is 0 Å². The molecule has 6 heteroatoms. The Morgan fingerprint density at radius 1 is 1.33 bits per heavy atom. The number of aliphatic hydroxyl groups is 1. The number of benzene rings is 1. The van der Waals surface area contributed by atoms with Crippen molar-refractivity contribution in [2.24, 2.45) is 5.14 Å². The van der Waals surface area contributed by atoms with E-state index in [0.29, 0.717) is 6.42 Å². The van der Waals surface area contributed by atoms with Gasteiger partial charge in [0, 0.05) is 6.54 Å². The zero-order valence-electron chi connectivity index (χ0n) is 8.13. The highest BCUT2D eigenvalue weighted by Gasteiger charge is 2.08. The molecule has 1 unspecified atom stereocenters. The molecule has 15 heavy (non-hydrogen) atoms. The highest BCUT2D eigenvalue weighted by molar-refractivity contribution is 7.87. The van der Waals surface area contributed by atoms with Gasteiger partial charge in [0.2, 0.25) is 0 Å². The fourth-order valence-electron chi connectivity index (χ4n) is 1.17. The van der Waals surface area contributed by atoms with Gasteiger partial charge in [-0.3, -0.25) is 0 Å². The first kappa shape index (κ1) is 12.1. The quantitative estimate of drug-likeness (QED) is 0.629. The van der Waals surface area contributed by atoms with E-state index in [1.165, 1.54) is 0 Å². The van der Waals surface area contributed by atoms with Gasteiger partial charge in [-0.2, -0.15) is 13.1 Å². The SMILES string of the molecule is NS(=O)(=O)NCC(O)Cc1ccccc1. The Bertz CT molecular complexity index is 391. The third kappa shape index (κ3) is 5.48. The van der Waals surface area contributed by atoms with E-state index < -0.39 is 16.3 Å². The predicted octanol–water partition coefficient (Wildman–Crippen LogP) is -0.617. The van der Waals surface area contributed by atoms with Crippen LogP contribution in [0.5, 0.6) is 0 Å². The Morgan fingerprint density at radius 3 is 2.47 bits per heavy atom. The van der Waals surface area contributed by atoms with Crippen LogP contribution in [0.3, 0.4) is 0 Å². The van der Waals surface area contributed by atoms with Crippen LogP contribution in [0.1, 0.15) is 5.56 Å². The topological polar surface area (TPSA) is 92.4 Å². The monoisotopic (exact) mass is 230 g/mol. The minimum atomic E-state index is -3.72. The van der Waals surface area contributed by atoms with Gasteiger partial charge in [0.15, 0.2) is 0 Å². The van der Waals surface area contributed by atoms with Gasteiger partial charge in [-0.1, -0.05) is 30.3 Å². The van der Waals surface area contributed by atoms with Crippen LogP contribution in [0.25, 0.3) is 0 Å². The van der Waals surface area contributed by atoms with Crippen LogP contribution in [-0.4, -0.2) is 26.2 Å². The van der Waals surface area contributed by atoms with Crippen LogP contribution < -0.4 is 9.86 Å². The molecular formula is C9H14N2O3S. The lowest BCUT2D eigenvalue weighted by Gasteiger charge is -2.10. The van der Waals surface area contributed by atoms with Crippen molar-refractivity contribution in [1.82, 2.24) is 4.72 Å². The molecule has 5 nitrogen and oxygen atoms in total. The van der Waals surface area contributed by atoms with Crippen LogP contribution in [0.2, 0.25) is 0 Å². The summed E-state index contributed by atoms with van der Waals surface area (Å²) in [5.74, 6) is 0. The molecule has 0 radical (unpaired) electrons. The normalized spacial score (nSPS) is 13.7. The smallest absolute Gasteiger partial charge is 0.274 e. The maximum atomic E-state index is 10.5. The van der Waals surface area contributed by atoms with Crippen molar-refractivity contribution < 1.29 is 13.5 Å². The molecule has 0 aliphatic heterocycles. The molecule has 0 spiro atoms. The van der Waals surface area contributed by atoms with E-state index in [4.69, 9.17) is 5.14 Å². The summed E-state index contributed by atoms with van der Waals surface area (Å²) >= 11 is 0. The average Bonchev–Trinajstić information content (AvgIpc) is 2.15. The van der Waals surface area contributed by atoms with E-state index >= 15 is 0 Å². The van der Waals surface area contributed by atoms with Gasteiger partial charge in [-0.25, -0.2) is 5.14 Å². The number of hydrogen-bond donors (Lipinski definition) is 3. The maximum absolute atomic E-state index is 10.5. The van der Waals surface area contributed by atoms with Gasteiger partial charge in [-0.05, 0) is 12.0 Å². The molecule has 1 aromatic carbocycles. The minimum Gasteiger partial charge on any atom is -0.391 e. The summed E-state index contributed by atoms with van der Waals surface area (Å²) in [6.45, 7) is -0.0757. The zero-order chi connectivity index (χ0) is 11.3. The predicted molar refractivity (Wildman–Crippen MR) is 57.3 cm³/mol. The summed E-state index contributed by atoms with van der Waals surface area (Å²) < 4.78 is 23.1. The molecule has 0 heterocycles. The van der Waals surface area contributed by atoms with Crippen molar-refractivity contribution >= 4 is 10.2 Å². The van der Waals surface area contributed by atoms with Crippen LogP contribution in [0, 0.1) is 0 Å². The highest BCUT2D eigenvalue weighted by Crippen LogP contribution is 2.02. The molecule has 1 rings (SSSR count). The standard InChI is InChI=1S/C9H14N2O3S/c10-15(13,14)11-7-9(12)6-8-4-2-1-3-5-8/h1-5,9,11-12H,6-7H2,(H2,10,13,14). The molecular weight excluding hydrogens is 216 g/mol. The second kappa shape index (κ2) is 5.22. The number of aliphatic hydroxyl groups excluding tert-OH is 1. The first-order valence-corrected chi connectivity index (χ1v) is 6.01. The molecule has 0 fully saturated rings. The van der Waals surface area contributed by atoms with E-state index in [1.54, 1.807) is 0 Å². The average molecular weight is 230 g/mol. The number of nitrogens with one attached hydrogen (secondary N) is 1. The van der Waals surface area contributed by atoms with Gasteiger partial charge in [0.1, 0.15) is 0 Å². The van der Waals surface area contributed by atoms with E-state index in [1.807, 2.05) is 35.1 Å². The molecule has 0 amide bonds. The molecule has 0 aliphatic rings. The third-order valence-electron chi connectivity index (χ3n) is 1.83. The van der Waals surface area contributed by atoms with Gasteiger partial charge < -0.3 is 5.11 Å². The van der Waals surface area contributed by atoms with Crippen LogP contribution in [-0.2, 0) is 16.6 Å². The van der Waals surface area contributed by atoms with Crippen LogP contribution in [0.15, 0.2) is 30.3 Å². The summed E-state index contributed by atoms with van der Waals surface area (Å²) in [7, 11) is -3.72. The first-order valence-electron chi connectivity index (χ1n) is 4.47. The molecule has 0 bridgehead atoms. The van der Waals surface area contributed by atoms with Crippen molar-refractivity contribution in [1.29, 1.82) is 0 Å². The van der Waals surface area contributed by atoms with Crippen molar-refractivity contribution in [2.45, 2.75) is 12.5 Å². The van der Waals surface area contributed by atoms with Crippen molar-refractivity contribution in [3.63, 3.8) is 0 Å². The summed E-state index contributed by atoms with van der Waals surface area (Å²) in [5.41, 5.74) is 0.946. The molecule has 84 valence electrons. The first-order chi connectivity index (χ1) is 6.97. The Morgan fingerprint density at radius 2 is 1.93 bits per heavy atom. The van der Waals surface area contributed by atoms with Gasteiger partial charge in [0.05, 0.1) is 6.10 Å². The fraction of sp³-hybridized carbons (Fsp3) is 0.333. The Balaban J connectivity index is 2.40. The lowest BCUT2D eigenvalue weighted by atomic mass is 10.1. The number of nitrogens with two attached hydrogens (primary N) is 1. The van der Waals surface area contributed by atoms with E-state index in [0.717, 1.165) is 5.56 Å². The minimum absolute atomic E-state index is 0.0757. The second-order valence-electron chi connectivity index (χ2n) is 3.24. The zero-order valence-corrected chi connectivity index (χ0v) is 8.94. The van der Waals surface area contributed by atoms with E-state index in [2.05, 4.69) is 0 Å². The third-order valence-corrected chi connectivity index (χ3v) is 2.40. The summed E-state index contributed by atoms with van der Waals surface area (Å²) in [6, 6.07) is 9.31. The Hall–Kier alpha value is -0.950. The molecule has 0 saturated heterocycles. The van der Waals surface area contributed by atoms with Gasteiger partial charge in [0.25, 0.3) is 10.2 Å². The summed E-state index contributed by atoms with van der Waals surface area (Å²) in [4.78, 5) is 0. The number of hydrogen-bond acceptors (Lipinski definition) is 3. The van der Waals surface area contributed by atoms with E-state index in [-0.39, 0.29) is 6.54 Å². The van der Waals surface area contributed by atoms with Crippen LogP contribution in [0.4, 0.5) is 0 Å². The molecule has 0 saturated carbocycles. The van der Waals surface area contributed by atoms with Gasteiger partial charge in [-0.15, -0.1) is 0 Å². The van der Waals surface area contributed by atoms with Crippen molar-refractivity contribution in [3.05, 3.63) is 35.9 Å². The van der Waals surface area contributed by atoms with Crippen molar-refractivity contribution in [3.8, 4) is 0 Å². The molecule has 0 aliphatic carbocycles. The Kier molecular flexibility index (Phi) is 4.22. The van der Waals surface area contributed by atoms with Crippen molar-refractivity contribution in [2.75, 3.05) is 6.54 Å². The fourth-order valence-corrected chi connectivity index (χ4v) is 1.60. The largest absolute Gasteiger partial charge is 0.391 e. The summed E-state index contributed by atoms with van der Waals surface area (Å²) in [6.07, 6.45) is -0.380. The molecule has 1 aromatic rings. The highest BCUT2D eigenvalue weighted by atomic mass is 32.2. The second-order valence-corrected chi connectivity index (χ2v) is 4.62. The molecule has 0 aromatic heterocycles. The molecule has 4 N–H and O–H groups in total. The lowest BCUT2D eigenvalue weighted by Crippen LogP contribution is -2.37. The lowest BCUT2D eigenvalue weighted by molar-refractivity contribution is 0.179. The van der Waals surface area contributed by atoms with E-state index in [9.17, 15) is 13.5 Å². The number of rotatable bonds is 5. The molecule has 1 atom stereocenters. The summed E-state index contributed by atoms with van der Waals surface area (Å²) in [5, 5.41) is 14.2. The maximum Gasteiger partial charge on any atom is 0.274 e.